The van der Waals surface area contributed by atoms with E-state index >= 15 is 0 Å². The first kappa shape index (κ1) is 14.2. The van der Waals surface area contributed by atoms with Gasteiger partial charge in [-0.05, 0) is 12.8 Å². The first-order valence-electron chi connectivity index (χ1n) is 5.75. The third-order valence-corrected chi connectivity index (χ3v) is 3.63. The largest absolute Gasteiger partial charge is 0.343 e. The van der Waals surface area contributed by atoms with E-state index in [1.54, 1.807) is 18.1 Å². The van der Waals surface area contributed by atoms with Gasteiger partial charge in [-0.2, -0.15) is 0 Å². The molecule has 2 amide bonds. The first-order chi connectivity index (χ1) is 7.84. The average molecular weight is 260 g/mol. The Labute approximate surface area is 104 Å². The predicted octanol–water partition coefficient (Wildman–Crippen LogP) is -0.264. The van der Waals surface area contributed by atoms with Crippen molar-refractivity contribution in [1.82, 2.24) is 10.2 Å². The molecule has 0 aromatic heterocycles. The SMILES string of the molecule is CC1NC(=O)C(C(C)C)N(CCS(C)=O)C1=O. The van der Waals surface area contributed by atoms with Crippen molar-refractivity contribution >= 4 is 22.6 Å². The molecule has 0 aromatic carbocycles. The summed E-state index contributed by atoms with van der Waals surface area (Å²) in [4.78, 5) is 25.4. The minimum Gasteiger partial charge on any atom is -0.343 e. The molecule has 0 spiro atoms. The highest BCUT2D eigenvalue weighted by atomic mass is 32.2. The molecular formula is C11H20N2O3S. The summed E-state index contributed by atoms with van der Waals surface area (Å²) in [6.07, 6.45) is 1.60. The van der Waals surface area contributed by atoms with E-state index < -0.39 is 22.9 Å². The topological polar surface area (TPSA) is 66.5 Å². The number of carbonyl (C=O) groups is 2. The first-order valence-corrected chi connectivity index (χ1v) is 7.48. The molecule has 1 aliphatic heterocycles. The van der Waals surface area contributed by atoms with E-state index in [1.165, 1.54) is 0 Å². The van der Waals surface area contributed by atoms with Crippen molar-refractivity contribution in [2.75, 3.05) is 18.6 Å². The number of carbonyl (C=O) groups excluding carboxylic acids is 2. The number of amides is 2. The highest BCUT2D eigenvalue weighted by Gasteiger charge is 2.39. The lowest BCUT2D eigenvalue weighted by Crippen LogP contribution is -2.64. The average Bonchev–Trinajstić information content (AvgIpc) is 2.20. The van der Waals surface area contributed by atoms with Gasteiger partial charge in [0.2, 0.25) is 11.8 Å². The number of rotatable bonds is 4. The summed E-state index contributed by atoms with van der Waals surface area (Å²) in [5, 5.41) is 2.67. The highest BCUT2D eigenvalue weighted by Crippen LogP contribution is 2.17. The second-order valence-corrected chi connectivity index (χ2v) is 6.28. The molecule has 0 aliphatic carbocycles. The molecule has 0 bridgehead atoms. The van der Waals surface area contributed by atoms with Crippen molar-refractivity contribution in [2.24, 2.45) is 5.92 Å². The van der Waals surface area contributed by atoms with E-state index in [2.05, 4.69) is 5.32 Å². The molecule has 3 unspecified atom stereocenters. The summed E-state index contributed by atoms with van der Waals surface area (Å²) in [5.74, 6) is 0.258. The fourth-order valence-corrected chi connectivity index (χ4v) is 2.48. The Morgan fingerprint density at radius 2 is 2.00 bits per heavy atom. The van der Waals surface area contributed by atoms with E-state index in [-0.39, 0.29) is 17.7 Å². The van der Waals surface area contributed by atoms with E-state index in [0.717, 1.165) is 0 Å². The van der Waals surface area contributed by atoms with Crippen LogP contribution >= 0.6 is 0 Å². The Kier molecular flexibility index (Phi) is 4.68. The monoisotopic (exact) mass is 260 g/mol. The maximum absolute atomic E-state index is 12.0. The molecule has 0 aromatic rings. The second-order valence-electron chi connectivity index (χ2n) is 4.73. The Morgan fingerprint density at radius 3 is 2.47 bits per heavy atom. The van der Waals surface area contributed by atoms with Crippen molar-refractivity contribution in [3.05, 3.63) is 0 Å². The quantitative estimate of drug-likeness (QED) is 0.757. The Hall–Kier alpha value is -0.910. The highest BCUT2D eigenvalue weighted by molar-refractivity contribution is 7.84. The van der Waals surface area contributed by atoms with Crippen molar-refractivity contribution < 1.29 is 13.8 Å². The molecule has 3 atom stereocenters. The van der Waals surface area contributed by atoms with Crippen LogP contribution in [-0.2, 0) is 20.4 Å². The fourth-order valence-electron chi connectivity index (χ4n) is 2.03. The van der Waals surface area contributed by atoms with Gasteiger partial charge in [-0.1, -0.05) is 13.8 Å². The summed E-state index contributed by atoms with van der Waals surface area (Å²) in [6, 6.07) is -0.926. The standard InChI is InChI=1S/C11H20N2O3S/c1-7(2)9-10(14)12-8(3)11(15)13(9)5-6-17(4)16/h7-9H,5-6H2,1-4H3,(H,12,14). The Morgan fingerprint density at radius 1 is 1.41 bits per heavy atom. The second kappa shape index (κ2) is 5.62. The molecule has 0 saturated carbocycles. The maximum atomic E-state index is 12.0. The van der Waals surface area contributed by atoms with Crippen LogP contribution in [0, 0.1) is 5.92 Å². The van der Waals surface area contributed by atoms with Gasteiger partial charge in [0.05, 0.1) is 0 Å². The third-order valence-electron chi connectivity index (χ3n) is 2.87. The minimum absolute atomic E-state index is 0.0525. The molecule has 0 radical (unpaired) electrons. The van der Waals surface area contributed by atoms with Crippen molar-refractivity contribution in [3.63, 3.8) is 0 Å². The van der Waals surface area contributed by atoms with Crippen LogP contribution in [0.4, 0.5) is 0 Å². The van der Waals surface area contributed by atoms with Crippen molar-refractivity contribution in [1.29, 1.82) is 0 Å². The Balaban J connectivity index is 2.86. The normalized spacial score (nSPS) is 27.2. The van der Waals surface area contributed by atoms with Crippen LogP contribution in [-0.4, -0.2) is 51.6 Å². The van der Waals surface area contributed by atoms with Crippen LogP contribution in [0.25, 0.3) is 0 Å². The molecule has 1 N–H and O–H groups in total. The molecular weight excluding hydrogens is 240 g/mol. The van der Waals surface area contributed by atoms with Gasteiger partial charge in [-0.3, -0.25) is 13.8 Å². The van der Waals surface area contributed by atoms with Crippen LogP contribution in [0.3, 0.4) is 0 Å². The van der Waals surface area contributed by atoms with Gasteiger partial charge in [-0.25, -0.2) is 0 Å². The molecule has 1 aliphatic rings. The van der Waals surface area contributed by atoms with E-state index in [0.29, 0.717) is 12.3 Å². The number of hydrogen-bond acceptors (Lipinski definition) is 3. The summed E-state index contributed by atoms with van der Waals surface area (Å²) in [7, 11) is -0.958. The molecule has 1 rings (SSSR count). The number of nitrogens with one attached hydrogen (secondary N) is 1. The zero-order valence-electron chi connectivity index (χ0n) is 10.7. The summed E-state index contributed by atoms with van der Waals surface area (Å²) in [6.45, 7) is 5.86. The van der Waals surface area contributed by atoms with Crippen LogP contribution in [0.15, 0.2) is 0 Å². The Bertz CT molecular complexity index is 344. The van der Waals surface area contributed by atoms with Gasteiger partial charge in [0, 0.05) is 29.4 Å². The lowest BCUT2D eigenvalue weighted by atomic mass is 9.97. The minimum atomic E-state index is -0.958. The number of piperazine rings is 1. The molecule has 1 fully saturated rings. The lowest BCUT2D eigenvalue weighted by Gasteiger charge is -2.39. The maximum Gasteiger partial charge on any atom is 0.245 e. The molecule has 98 valence electrons. The van der Waals surface area contributed by atoms with Crippen LogP contribution in [0.1, 0.15) is 20.8 Å². The van der Waals surface area contributed by atoms with Gasteiger partial charge in [0.25, 0.3) is 0 Å². The van der Waals surface area contributed by atoms with Gasteiger partial charge in [-0.15, -0.1) is 0 Å². The van der Waals surface area contributed by atoms with Crippen LogP contribution in [0.2, 0.25) is 0 Å². The van der Waals surface area contributed by atoms with Gasteiger partial charge in [0.15, 0.2) is 0 Å². The van der Waals surface area contributed by atoms with E-state index in [4.69, 9.17) is 0 Å². The molecule has 17 heavy (non-hydrogen) atoms. The van der Waals surface area contributed by atoms with Crippen molar-refractivity contribution in [3.8, 4) is 0 Å². The van der Waals surface area contributed by atoms with E-state index in [9.17, 15) is 13.8 Å². The van der Waals surface area contributed by atoms with Gasteiger partial charge < -0.3 is 10.2 Å². The van der Waals surface area contributed by atoms with E-state index in [1.807, 2.05) is 13.8 Å². The van der Waals surface area contributed by atoms with Gasteiger partial charge in [0.1, 0.15) is 12.1 Å². The lowest BCUT2D eigenvalue weighted by molar-refractivity contribution is -0.150. The molecule has 1 heterocycles. The molecule has 5 nitrogen and oxygen atoms in total. The zero-order valence-corrected chi connectivity index (χ0v) is 11.5. The molecule has 6 heteroatoms. The van der Waals surface area contributed by atoms with Gasteiger partial charge >= 0.3 is 0 Å². The summed E-state index contributed by atoms with van der Waals surface area (Å²) < 4.78 is 11.1. The zero-order chi connectivity index (χ0) is 13.2. The fraction of sp³-hybridized carbons (Fsp3) is 0.818. The van der Waals surface area contributed by atoms with Crippen molar-refractivity contribution in [2.45, 2.75) is 32.9 Å². The summed E-state index contributed by atoms with van der Waals surface area (Å²) >= 11 is 0. The molecule has 1 saturated heterocycles. The van der Waals surface area contributed by atoms with Crippen LogP contribution in [0.5, 0.6) is 0 Å². The third kappa shape index (κ3) is 3.28. The van der Waals surface area contributed by atoms with Crippen LogP contribution < -0.4 is 5.32 Å². The number of nitrogens with zero attached hydrogens (tertiary/aromatic N) is 1. The number of hydrogen-bond donors (Lipinski definition) is 1. The summed E-state index contributed by atoms with van der Waals surface area (Å²) in [5.41, 5.74) is 0. The predicted molar refractivity (Wildman–Crippen MR) is 66.9 cm³/mol. The smallest absolute Gasteiger partial charge is 0.245 e.